The molecule has 0 saturated carbocycles. The number of nitrogens with zero attached hydrogens (tertiary/aromatic N) is 2. The second-order valence-corrected chi connectivity index (χ2v) is 5.84. The molecule has 5 heteroatoms. The highest BCUT2D eigenvalue weighted by molar-refractivity contribution is 5.67. The summed E-state index contributed by atoms with van der Waals surface area (Å²) >= 11 is 0. The third-order valence-corrected chi connectivity index (χ3v) is 3.92. The number of hydrogen-bond acceptors (Lipinski definition) is 4. The van der Waals surface area contributed by atoms with Gasteiger partial charge in [-0.15, -0.1) is 0 Å². The van der Waals surface area contributed by atoms with Gasteiger partial charge in [0.1, 0.15) is 0 Å². The van der Waals surface area contributed by atoms with Crippen LogP contribution in [0.2, 0.25) is 0 Å². The second kappa shape index (κ2) is 5.45. The van der Waals surface area contributed by atoms with Crippen molar-refractivity contribution in [3.05, 3.63) is 0 Å². The van der Waals surface area contributed by atoms with E-state index in [1.807, 2.05) is 11.8 Å². The summed E-state index contributed by atoms with van der Waals surface area (Å²) in [6.07, 6.45) is 1.02. The van der Waals surface area contributed by atoms with Gasteiger partial charge in [-0.3, -0.25) is 4.90 Å². The van der Waals surface area contributed by atoms with Crippen molar-refractivity contribution in [1.29, 1.82) is 0 Å². The van der Waals surface area contributed by atoms with Crippen molar-refractivity contribution in [2.24, 2.45) is 0 Å². The van der Waals surface area contributed by atoms with Crippen LogP contribution in [0.15, 0.2) is 0 Å². The molecule has 5 nitrogen and oxygen atoms in total. The monoisotopic (exact) mass is 255 g/mol. The minimum Gasteiger partial charge on any atom is -0.450 e. The van der Waals surface area contributed by atoms with Crippen LogP contribution in [0.1, 0.15) is 27.2 Å². The topological polar surface area (TPSA) is 44.8 Å². The van der Waals surface area contributed by atoms with Crippen LogP contribution in [-0.4, -0.2) is 66.8 Å². The number of ether oxygens (including phenoxy) is 1. The van der Waals surface area contributed by atoms with Gasteiger partial charge in [-0.05, 0) is 27.2 Å². The summed E-state index contributed by atoms with van der Waals surface area (Å²) in [6, 6.07) is 0.615. The Morgan fingerprint density at radius 1 is 1.33 bits per heavy atom. The summed E-state index contributed by atoms with van der Waals surface area (Å²) in [4.78, 5) is 15.9. The third kappa shape index (κ3) is 3.14. The van der Waals surface area contributed by atoms with E-state index in [2.05, 4.69) is 24.1 Å². The van der Waals surface area contributed by atoms with Gasteiger partial charge in [0.15, 0.2) is 0 Å². The van der Waals surface area contributed by atoms with Gasteiger partial charge in [-0.2, -0.15) is 0 Å². The summed E-state index contributed by atoms with van der Waals surface area (Å²) in [5.41, 5.74) is 0.253. The molecule has 1 N–H and O–H groups in total. The Morgan fingerprint density at radius 2 is 2.00 bits per heavy atom. The Labute approximate surface area is 109 Å². The van der Waals surface area contributed by atoms with Gasteiger partial charge >= 0.3 is 6.09 Å². The predicted octanol–water partition coefficient (Wildman–Crippen LogP) is 0.901. The lowest BCUT2D eigenvalue weighted by molar-refractivity contribution is 0.0679. The number of carbonyl (C=O) groups is 1. The van der Waals surface area contributed by atoms with Gasteiger partial charge < -0.3 is 15.0 Å². The number of carbonyl (C=O) groups excluding carboxylic acids is 1. The molecule has 104 valence electrons. The van der Waals surface area contributed by atoms with Crippen LogP contribution in [0.5, 0.6) is 0 Å². The molecular weight excluding hydrogens is 230 g/mol. The molecule has 0 spiro atoms. The van der Waals surface area contributed by atoms with Gasteiger partial charge in [-0.1, -0.05) is 0 Å². The molecule has 2 fully saturated rings. The fourth-order valence-electron chi connectivity index (χ4n) is 2.87. The van der Waals surface area contributed by atoms with Crippen molar-refractivity contribution >= 4 is 6.09 Å². The molecule has 0 aromatic heterocycles. The van der Waals surface area contributed by atoms with E-state index in [4.69, 9.17) is 4.74 Å². The summed E-state index contributed by atoms with van der Waals surface area (Å²) in [5, 5.41) is 3.55. The highest BCUT2D eigenvalue weighted by atomic mass is 16.6. The molecule has 0 radical (unpaired) electrons. The molecule has 2 aliphatic rings. The van der Waals surface area contributed by atoms with Gasteiger partial charge in [0.05, 0.1) is 6.61 Å². The van der Waals surface area contributed by atoms with E-state index in [0.29, 0.717) is 12.6 Å². The lowest BCUT2D eigenvalue weighted by Gasteiger charge is -2.37. The number of rotatable bonds is 2. The highest BCUT2D eigenvalue weighted by Crippen LogP contribution is 2.23. The van der Waals surface area contributed by atoms with Crippen LogP contribution in [0.3, 0.4) is 0 Å². The minimum absolute atomic E-state index is 0.165. The maximum absolute atomic E-state index is 11.6. The van der Waals surface area contributed by atoms with Crippen LogP contribution >= 0.6 is 0 Å². The summed E-state index contributed by atoms with van der Waals surface area (Å²) < 4.78 is 5.03. The van der Waals surface area contributed by atoms with Gasteiger partial charge in [-0.25, -0.2) is 4.79 Å². The standard InChI is InChI=1S/C13H25N3O2/c1-4-18-12(17)16-7-5-15(6-8-16)11-9-13(2,3)14-10-11/h11,14H,4-10H2,1-3H3. The molecule has 18 heavy (non-hydrogen) atoms. The number of hydrogen-bond donors (Lipinski definition) is 1. The van der Waals surface area contributed by atoms with Crippen molar-refractivity contribution in [2.45, 2.75) is 38.8 Å². The Kier molecular flexibility index (Phi) is 4.12. The molecule has 0 aliphatic carbocycles. The molecule has 0 bridgehead atoms. The van der Waals surface area contributed by atoms with E-state index >= 15 is 0 Å². The van der Waals surface area contributed by atoms with Crippen molar-refractivity contribution in [1.82, 2.24) is 15.1 Å². The molecule has 0 aromatic rings. The average molecular weight is 255 g/mol. The highest BCUT2D eigenvalue weighted by Gasteiger charge is 2.35. The van der Waals surface area contributed by atoms with Crippen LogP contribution in [0.4, 0.5) is 4.79 Å². The first-order chi connectivity index (χ1) is 8.52. The quantitative estimate of drug-likeness (QED) is 0.796. The predicted molar refractivity (Wildman–Crippen MR) is 70.7 cm³/mol. The van der Waals surface area contributed by atoms with Crippen molar-refractivity contribution in [3.8, 4) is 0 Å². The fraction of sp³-hybridized carbons (Fsp3) is 0.923. The minimum atomic E-state index is -0.165. The molecular formula is C13H25N3O2. The zero-order valence-electron chi connectivity index (χ0n) is 11.7. The number of nitrogens with one attached hydrogen (secondary N) is 1. The SMILES string of the molecule is CCOC(=O)N1CCN(C2CNC(C)(C)C2)CC1. The largest absolute Gasteiger partial charge is 0.450 e. The average Bonchev–Trinajstić information content (AvgIpc) is 2.70. The Morgan fingerprint density at radius 3 is 2.50 bits per heavy atom. The molecule has 1 amide bonds. The molecule has 2 aliphatic heterocycles. The Hall–Kier alpha value is -0.810. The summed E-state index contributed by atoms with van der Waals surface area (Å²) in [6.45, 7) is 11.4. The van der Waals surface area contributed by atoms with Crippen LogP contribution in [0, 0.1) is 0 Å². The first-order valence-electron chi connectivity index (χ1n) is 6.92. The summed E-state index contributed by atoms with van der Waals surface area (Å²) in [7, 11) is 0. The third-order valence-electron chi connectivity index (χ3n) is 3.92. The first-order valence-corrected chi connectivity index (χ1v) is 6.92. The van der Waals surface area contributed by atoms with Gasteiger partial charge in [0, 0.05) is 44.3 Å². The lowest BCUT2D eigenvalue weighted by atomic mass is 10.0. The molecule has 2 rings (SSSR count). The van der Waals surface area contributed by atoms with E-state index in [0.717, 1.165) is 32.7 Å². The maximum atomic E-state index is 11.6. The Balaban J connectivity index is 1.79. The van der Waals surface area contributed by atoms with E-state index < -0.39 is 0 Å². The summed E-state index contributed by atoms with van der Waals surface area (Å²) in [5.74, 6) is 0. The molecule has 1 atom stereocenters. The fourth-order valence-corrected chi connectivity index (χ4v) is 2.87. The zero-order chi connectivity index (χ0) is 13.2. The first kappa shape index (κ1) is 13.6. The molecule has 2 heterocycles. The van der Waals surface area contributed by atoms with E-state index in [-0.39, 0.29) is 11.6 Å². The van der Waals surface area contributed by atoms with Crippen LogP contribution in [0.25, 0.3) is 0 Å². The molecule has 2 saturated heterocycles. The smallest absolute Gasteiger partial charge is 0.409 e. The maximum Gasteiger partial charge on any atom is 0.409 e. The number of piperazine rings is 1. The van der Waals surface area contributed by atoms with E-state index in [1.54, 1.807) is 0 Å². The van der Waals surface area contributed by atoms with Crippen molar-refractivity contribution in [3.63, 3.8) is 0 Å². The molecule has 0 aromatic carbocycles. The normalized spacial score (nSPS) is 28.4. The van der Waals surface area contributed by atoms with Crippen LogP contribution in [-0.2, 0) is 4.74 Å². The molecule has 1 unspecified atom stereocenters. The van der Waals surface area contributed by atoms with Crippen molar-refractivity contribution < 1.29 is 9.53 Å². The lowest BCUT2D eigenvalue weighted by Crippen LogP contribution is -2.52. The van der Waals surface area contributed by atoms with E-state index in [9.17, 15) is 4.79 Å². The van der Waals surface area contributed by atoms with E-state index in [1.165, 1.54) is 6.42 Å². The van der Waals surface area contributed by atoms with Gasteiger partial charge in [0.25, 0.3) is 0 Å². The van der Waals surface area contributed by atoms with Crippen LogP contribution < -0.4 is 5.32 Å². The van der Waals surface area contributed by atoms with Gasteiger partial charge in [0.2, 0.25) is 0 Å². The Bertz CT molecular complexity index is 299. The number of amides is 1. The zero-order valence-corrected chi connectivity index (χ0v) is 11.7. The second-order valence-electron chi connectivity index (χ2n) is 5.84. The van der Waals surface area contributed by atoms with Crippen molar-refractivity contribution in [2.75, 3.05) is 39.3 Å².